The Morgan fingerprint density at radius 2 is 1.12 bits per heavy atom. The van der Waals surface area contributed by atoms with E-state index in [2.05, 4.69) is 35.1 Å². The Kier molecular flexibility index (Phi) is 6.65. The number of hydrogen-bond donors (Lipinski definition) is 4. The van der Waals surface area contributed by atoms with Crippen molar-refractivity contribution in [3.8, 4) is 0 Å². The van der Waals surface area contributed by atoms with Crippen LogP contribution in [0.15, 0.2) is 24.3 Å². The van der Waals surface area contributed by atoms with Crippen molar-refractivity contribution in [2.45, 2.75) is 39.1 Å². The molecule has 2 saturated heterocycles. The van der Waals surface area contributed by atoms with Crippen LogP contribution in [0.2, 0.25) is 0 Å². The van der Waals surface area contributed by atoms with Crippen LogP contribution in [0.5, 0.6) is 0 Å². The highest BCUT2D eigenvalue weighted by atomic mass is 16.5. The third-order valence-corrected chi connectivity index (χ3v) is 7.25. The van der Waals surface area contributed by atoms with Gasteiger partial charge in [0.25, 0.3) is 0 Å². The summed E-state index contributed by atoms with van der Waals surface area (Å²) in [5, 5.41) is 13.7. The first-order chi connectivity index (χ1) is 16.5. The smallest absolute Gasteiger partial charge is 0.338 e. The van der Waals surface area contributed by atoms with Gasteiger partial charge in [-0.05, 0) is 48.2 Å². The number of rotatable bonds is 2. The lowest BCUT2D eigenvalue weighted by molar-refractivity contribution is 0.0526. The molecule has 4 aliphatic heterocycles. The number of carbonyl (C=O) groups excluding carboxylic acids is 2. The third-order valence-electron chi connectivity index (χ3n) is 7.25. The molecule has 2 aromatic rings. The van der Waals surface area contributed by atoms with Crippen LogP contribution in [0.3, 0.4) is 0 Å². The molecule has 8 heteroatoms. The van der Waals surface area contributed by atoms with Gasteiger partial charge >= 0.3 is 11.9 Å². The minimum Gasteiger partial charge on any atom is -0.457 e. The van der Waals surface area contributed by atoms with Gasteiger partial charge in [0, 0.05) is 62.5 Å². The van der Waals surface area contributed by atoms with Crippen LogP contribution in [0, 0.1) is 13.8 Å². The summed E-state index contributed by atoms with van der Waals surface area (Å²) in [6.07, 6.45) is 0. The normalized spacial score (nSPS) is 23.4. The number of nitrogens with one attached hydrogen (secondary N) is 4. The van der Waals surface area contributed by atoms with E-state index in [4.69, 9.17) is 9.47 Å². The summed E-state index contributed by atoms with van der Waals surface area (Å²) < 4.78 is 10.1. The van der Waals surface area contributed by atoms with E-state index in [0.717, 1.165) is 61.5 Å². The SMILES string of the molecule is Cc1c([C@@H]2CNCCN2)ccc2c1COC2=O.Cc1c([C@H]2CNCCN2)ccc2c1COC2=O. The van der Waals surface area contributed by atoms with Crippen molar-refractivity contribution in [2.24, 2.45) is 0 Å². The fourth-order valence-corrected chi connectivity index (χ4v) is 5.24. The number of cyclic esters (lactones) is 2. The van der Waals surface area contributed by atoms with Crippen LogP contribution in [-0.2, 0) is 22.7 Å². The van der Waals surface area contributed by atoms with E-state index >= 15 is 0 Å². The Labute approximate surface area is 199 Å². The van der Waals surface area contributed by atoms with Crippen molar-refractivity contribution >= 4 is 11.9 Å². The molecule has 4 aliphatic rings. The number of esters is 2. The van der Waals surface area contributed by atoms with E-state index in [-0.39, 0.29) is 11.9 Å². The highest BCUT2D eigenvalue weighted by Crippen LogP contribution is 2.30. The number of fused-ring (bicyclic) bond motifs is 2. The Balaban J connectivity index is 0.000000142. The Hall–Kier alpha value is -2.78. The minimum absolute atomic E-state index is 0.190. The van der Waals surface area contributed by atoms with Crippen molar-refractivity contribution in [1.29, 1.82) is 0 Å². The monoisotopic (exact) mass is 464 g/mol. The molecular formula is C26H32N4O4. The van der Waals surface area contributed by atoms with E-state index in [1.807, 2.05) is 24.3 Å². The fraction of sp³-hybridized carbons (Fsp3) is 0.462. The summed E-state index contributed by atoms with van der Waals surface area (Å²) >= 11 is 0. The summed E-state index contributed by atoms with van der Waals surface area (Å²) in [6, 6.07) is 8.55. The molecule has 34 heavy (non-hydrogen) atoms. The maximum atomic E-state index is 11.5. The fourth-order valence-electron chi connectivity index (χ4n) is 5.24. The van der Waals surface area contributed by atoms with Crippen LogP contribution >= 0.6 is 0 Å². The van der Waals surface area contributed by atoms with Crippen molar-refractivity contribution < 1.29 is 19.1 Å². The van der Waals surface area contributed by atoms with Gasteiger partial charge in [0.05, 0.1) is 11.1 Å². The lowest BCUT2D eigenvalue weighted by Crippen LogP contribution is -2.42. The average Bonchev–Trinajstić information content (AvgIpc) is 3.45. The quantitative estimate of drug-likeness (QED) is 0.500. The molecule has 0 aliphatic carbocycles. The lowest BCUT2D eigenvalue weighted by Gasteiger charge is -2.26. The second-order valence-electron chi connectivity index (χ2n) is 9.19. The topological polar surface area (TPSA) is 101 Å². The van der Waals surface area contributed by atoms with Gasteiger partial charge in [-0.25, -0.2) is 9.59 Å². The van der Waals surface area contributed by atoms with Crippen LogP contribution in [0.25, 0.3) is 0 Å². The van der Waals surface area contributed by atoms with Crippen LogP contribution in [0.4, 0.5) is 0 Å². The highest BCUT2D eigenvalue weighted by molar-refractivity contribution is 5.94. The Morgan fingerprint density at radius 1 is 0.676 bits per heavy atom. The van der Waals surface area contributed by atoms with Gasteiger partial charge in [-0.2, -0.15) is 0 Å². The maximum absolute atomic E-state index is 11.5. The second kappa shape index (κ2) is 9.84. The van der Waals surface area contributed by atoms with Gasteiger partial charge in [0.2, 0.25) is 0 Å². The average molecular weight is 465 g/mol. The molecule has 180 valence electrons. The highest BCUT2D eigenvalue weighted by Gasteiger charge is 2.27. The first-order valence-electron chi connectivity index (χ1n) is 12.0. The number of benzene rings is 2. The molecule has 8 nitrogen and oxygen atoms in total. The van der Waals surface area contributed by atoms with E-state index in [1.165, 1.54) is 22.3 Å². The number of ether oxygens (including phenoxy) is 2. The summed E-state index contributed by atoms with van der Waals surface area (Å²) in [7, 11) is 0. The summed E-state index contributed by atoms with van der Waals surface area (Å²) in [4.78, 5) is 22.9. The molecule has 2 aromatic carbocycles. The van der Waals surface area contributed by atoms with Gasteiger partial charge in [-0.1, -0.05) is 12.1 Å². The van der Waals surface area contributed by atoms with E-state index in [1.54, 1.807) is 0 Å². The van der Waals surface area contributed by atoms with Crippen molar-refractivity contribution in [1.82, 2.24) is 21.3 Å². The molecule has 2 fully saturated rings. The molecule has 0 bridgehead atoms. The van der Waals surface area contributed by atoms with Gasteiger partial charge < -0.3 is 30.7 Å². The van der Waals surface area contributed by atoms with Crippen molar-refractivity contribution in [3.05, 3.63) is 68.8 Å². The molecule has 0 radical (unpaired) electrons. The predicted molar refractivity (Wildman–Crippen MR) is 128 cm³/mol. The second-order valence-corrected chi connectivity index (χ2v) is 9.19. The molecule has 2 atom stereocenters. The number of carbonyl (C=O) groups is 2. The van der Waals surface area contributed by atoms with Crippen LogP contribution < -0.4 is 21.3 Å². The summed E-state index contributed by atoms with van der Waals surface area (Å²) in [5.41, 5.74) is 8.50. The minimum atomic E-state index is -0.190. The Morgan fingerprint density at radius 3 is 1.50 bits per heavy atom. The molecule has 0 spiro atoms. The van der Waals surface area contributed by atoms with Crippen LogP contribution in [-0.4, -0.2) is 51.2 Å². The molecule has 4 heterocycles. The number of hydrogen-bond acceptors (Lipinski definition) is 8. The van der Waals surface area contributed by atoms with Crippen molar-refractivity contribution in [3.63, 3.8) is 0 Å². The zero-order valence-corrected chi connectivity index (χ0v) is 19.8. The molecule has 0 aromatic heterocycles. The summed E-state index contributed by atoms with van der Waals surface area (Å²) in [6.45, 7) is 10.9. The Bertz CT molecular complexity index is 1020. The largest absolute Gasteiger partial charge is 0.457 e. The van der Waals surface area contributed by atoms with E-state index in [0.29, 0.717) is 25.3 Å². The predicted octanol–water partition coefficient (Wildman–Crippen LogP) is 1.80. The lowest BCUT2D eigenvalue weighted by atomic mass is 9.93. The molecule has 0 amide bonds. The van der Waals surface area contributed by atoms with E-state index in [9.17, 15) is 9.59 Å². The zero-order valence-electron chi connectivity index (χ0n) is 19.8. The zero-order chi connectivity index (χ0) is 23.7. The van der Waals surface area contributed by atoms with Crippen LogP contribution in [0.1, 0.15) is 66.2 Å². The van der Waals surface area contributed by atoms with Gasteiger partial charge in [0.1, 0.15) is 13.2 Å². The first kappa shape index (κ1) is 23.0. The third kappa shape index (κ3) is 4.34. The summed E-state index contributed by atoms with van der Waals surface area (Å²) in [5.74, 6) is -0.381. The molecular weight excluding hydrogens is 432 g/mol. The number of piperazine rings is 2. The first-order valence-corrected chi connectivity index (χ1v) is 12.0. The molecule has 0 unspecified atom stereocenters. The van der Waals surface area contributed by atoms with Gasteiger partial charge in [-0.15, -0.1) is 0 Å². The standard InChI is InChI=1S/2C13H16N2O2/c2*1-8-9(12-6-14-4-5-15-12)2-3-10-11(8)7-17-13(10)16/h2*2-3,12,14-15H,4-7H2,1H3/t2*12-/m10/s1. The molecule has 6 rings (SSSR count). The maximum Gasteiger partial charge on any atom is 0.338 e. The van der Waals surface area contributed by atoms with Crippen molar-refractivity contribution in [2.75, 3.05) is 39.3 Å². The van der Waals surface area contributed by atoms with Gasteiger partial charge in [-0.3, -0.25) is 0 Å². The van der Waals surface area contributed by atoms with E-state index < -0.39 is 0 Å². The molecule has 4 N–H and O–H groups in total. The molecule has 0 saturated carbocycles. The van der Waals surface area contributed by atoms with Gasteiger partial charge in [0.15, 0.2) is 0 Å².